The summed E-state index contributed by atoms with van der Waals surface area (Å²) in [6.07, 6.45) is 7.83. The summed E-state index contributed by atoms with van der Waals surface area (Å²) in [4.78, 5) is 14.7. The van der Waals surface area contributed by atoms with E-state index >= 15 is 0 Å². The fourth-order valence-electron chi connectivity index (χ4n) is 3.71. The molecule has 4 nitrogen and oxygen atoms in total. The summed E-state index contributed by atoms with van der Waals surface area (Å²) in [5, 5.41) is 6.49. The number of hydrogen-bond acceptors (Lipinski definition) is 4. The second-order valence-electron chi connectivity index (χ2n) is 6.88. The zero-order valence-corrected chi connectivity index (χ0v) is 16.3. The highest BCUT2D eigenvalue weighted by Crippen LogP contribution is 2.36. The van der Waals surface area contributed by atoms with Crippen LogP contribution in [-0.4, -0.2) is 60.6 Å². The molecule has 136 valence electrons. The monoisotopic (exact) mass is 383 g/mol. The quantitative estimate of drug-likeness (QED) is 0.707. The van der Waals surface area contributed by atoms with Crippen molar-refractivity contribution in [1.82, 2.24) is 15.5 Å². The Labute approximate surface area is 157 Å². The van der Waals surface area contributed by atoms with Gasteiger partial charge in [-0.25, -0.2) is 0 Å². The van der Waals surface area contributed by atoms with E-state index < -0.39 is 0 Å². The lowest BCUT2D eigenvalue weighted by atomic mass is 9.94. The van der Waals surface area contributed by atoms with Gasteiger partial charge in [0.2, 0.25) is 5.91 Å². The first-order valence-electron chi connectivity index (χ1n) is 8.59. The molecule has 0 bridgehead atoms. The zero-order chi connectivity index (χ0) is 14.5. The summed E-state index contributed by atoms with van der Waals surface area (Å²) in [5.41, 5.74) is 0.257. The Bertz CT molecular complexity index is 357. The molecular formula is C16H31Cl2N3OS. The van der Waals surface area contributed by atoms with Gasteiger partial charge in [0.1, 0.15) is 0 Å². The molecule has 0 aromatic carbocycles. The van der Waals surface area contributed by atoms with Crippen LogP contribution in [0, 0.1) is 5.92 Å². The molecule has 0 spiro atoms. The van der Waals surface area contributed by atoms with Gasteiger partial charge in [0, 0.05) is 36.7 Å². The van der Waals surface area contributed by atoms with E-state index in [2.05, 4.69) is 27.3 Å². The highest BCUT2D eigenvalue weighted by atomic mass is 35.5. The first-order chi connectivity index (χ1) is 10.3. The van der Waals surface area contributed by atoms with Gasteiger partial charge >= 0.3 is 0 Å². The highest BCUT2D eigenvalue weighted by Gasteiger charge is 2.40. The second-order valence-corrected chi connectivity index (χ2v) is 8.11. The van der Waals surface area contributed by atoms with Crippen molar-refractivity contribution in [3.8, 4) is 0 Å². The molecule has 23 heavy (non-hydrogen) atoms. The van der Waals surface area contributed by atoms with Crippen LogP contribution in [0.3, 0.4) is 0 Å². The third-order valence-corrected chi connectivity index (χ3v) is 6.19. The van der Waals surface area contributed by atoms with E-state index in [1.807, 2.05) is 0 Å². The Morgan fingerprint density at radius 1 is 1.13 bits per heavy atom. The SMILES string of the molecule is Cl.Cl.O=C(CNCC1CC1)NCC1(N2CCSCC2)CCCC1. The number of halogens is 2. The summed E-state index contributed by atoms with van der Waals surface area (Å²) >= 11 is 2.06. The van der Waals surface area contributed by atoms with Crippen molar-refractivity contribution < 1.29 is 4.79 Å². The van der Waals surface area contributed by atoms with Crippen LogP contribution in [0.15, 0.2) is 0 Å². The van der Waals surface area contributed by atoms with Gasteiger partial charge in [-0.15, -0.1) is 24.8 Å². The van der Waals surface area contributed by atoms with E-state index in [0.29, 0.717) is 6.54 Å². The average molecular weight is 384 g/mol. The number of nitrogens with one attached hydrogen (secondary N) is 2. The summed E-state index contributed by atoms with van der Waals surface area (Å²) in [5.74, 6) is 3.51. The molecule has 2 aliphatic carbocycles. The molecule has 0 atom stereocenters. The Kier molecular flexibility index (Phi) is 9.61. The molecule has 1 saturated heterocycles. The maximum Gasteiger partial charge on any atom is 0.234 e. The third-order valence-electron chi connectivity index (χ3n) is 5.25. The van der Waals surface area contributed by atoms with E-state index in [1.54, 1.807) is 0 Å². The molecule has 1 aliphatic heterocycles. The summed E-state index contributed by atoms with van der Waals surface area (Å²) in [6.45, 7) is 4.74. The van der Waals surface area contributed by atoms with Gasteiger partial charge < -0.3 is 10.6 Å². The van der Waals surface area contributed by atoms with Gasteiger partial charge in [0.15, 0.2) is 0 Å². The summed E-state index contributed by atoms with van der Waals surface area (Å²) in [7, 11) is 0. The fourth-order valence-corrected chi connectivity index (χ4v) is 4.62. The largest absolute Gasteiger partial charge is 0.353 e. The maximum atomic E-state index is 12.0. The van der Waals surface area contributed by atoms with E-state index in [0.717, 1.165) is 19.0 Å². The maximum absolute atomic E-state index is 12.0. The summed E-state index contributed by atoms with van der Waals surface area (Å²) < 4.78 is 0. The van der Waals surface area contributed by atoms with Crippen LogP contribution in [0.4, 0.5) is 0 Å². The normalized spacial score (nSPS) is 23.7. The molecule has 1 amide bonds. The molecule has 3 aliphatic rings. The van der Waals surface area contributed by atoms with E-state index in [1.165, 1.54) is 63.1 Å². The second kappa shape index (κ2) is 10.3. The van der Waals surface area contributed by atoms with Crippen molar-refractivity contribution >= 4 is 42.5 Å². The predicted molar refractivity (Wildman–Crippen MR) is 103 cm³/mol. The average Bonchev–Trinajstić information content (AvgIpc) is 3.22. The van der Waals surface area contributed by atoms with Crippen molar-refractivity contribution in [3.63, 3.8) is 0 Å². The van der Waals surface area contributed by atoms with Crippen LogP contribution in [0.25, 0.3) is 0 Å². The minimum absolute atomic E-state index is 0. The lowest BCUT2D eigenvalue weighted by Gasteiger charge is -2.43. The van der Waals surface area contributed by atoms with Crippen molar-refractivity contribution in [2.24, 2.45) is 5.92 Å². The van der Waals surface area contributed by atoms with E-state index in [-0.39, 0.29) is 36.3 Å². The van der Waals surface area contributed by atoms with Gasteiger partial charge in [-0.1, -0.05) is 12.8 Å². The summed E-state index contributed by atoms with van der Waals surface area (Å²) in [6, 6.07) is 0. The number of thioether (sulfide) groups is 1. The van der Waals surface area contributed by atoms with Crippen molar-refractivity contribution in [3.05, 3.63) is 0 Å². The van der Waals surface area contributed by atoms with Crippen LogP contribution in [0.5, 0.6) is 0 Å². The minimum Gasteiger partial charge on any atom is -0.353 e. The van der Waals surface area contributed by atoms with Gasteiger partial charge in [-0.3, -0.25) is 9.69 Å². The molecule has 3 rings (SSSR count). The Morgan fingerprint density at radius 3 is 2.39 bits per heavy atom. The fraction of sp³-hybridized carbons (Fsp3) is 0.938. The predicted octanol–water partition coefficient (Wildman–Crippen LogP) is 2.31. The van der Waals surface area contributed by atoms with Gasteiger partial charge in [0.05, 0.1) is 6.54 Å². The van der Waals surface area contributed by atoms with E-state index in [4.69, 9.17) is 0 Å². The lowest BCUT2D eigenvalue weighted by molar-refractivity contribution is -0.120. The van der Waals surface area contributed by atoms with Crippen molar-refractivity contribution in [1.29, 1.82) is 0 Å². The van der Waals surface area contributed by atoms with Crippen LogP contribution < -0.4 is 10.6 Å². The van der Waals surface area contributed by atoms with Crippen LogP contribution in [-0.2, 0) is 4.79 Å². The Hall–Kier alpha value is 0.320. The van der Waals surface area contributed by atoms with Crippen LogP contribution in [0.2, 0.25) is 0 Å². The van der Waals surface area contributed by atoms with Crippen LogP contribution >= 0.6 is 36.6 Å². The molecular weight excluding hydrogens is 353 g/mol. The van der Waals surface area contributed by atoms with Gasteiger partial charge in [-0.2, -0.15) is 11.8 Å². The van der Waals surface area contributed by atoms with Crippen molar-refractivity contribution in [2.45, 2.75) is 44.1 Å². The van der Waals surface area contributed by atoms with Gasteiger partial charge in [0.25, 0.3) is 0 Å². The first-order valence-corrected chi connectivity index (χ1v) is 9.74. The molecule has 0 radical (unpaired) electrons. The number of amides is 1. The van der Waals surface area contributed by atoms with Gasteiger partial charge in [-0.05, 0) is 38.1 Å². The minimum atomic E-state index is 0. The number of hydrogen-bond donors (Lipinski definition) is 2. The zero-order valence-electron chi connectivity index (χ0n) is 13.8. The molecule has 0 unspecified atom stereocenters. The lowest BCUT2D eigenvalue weighted by Crippen LogP contribution is -2.57. The smallest absolute Gasteiger partial charge is 0.234 e. The first kappa shape index (κ1) is 21.4. The number of nitrogens with zero attached hydrogens (tertiary/aromatic N) is 1. The third kappa shape index (κ3) is 6.28. The Morgan fingerprint density at radius 2 is 1.78 bits per heavy atom. The molecule has 0 aromatic heterocycles. The number of carbonyl (C=O) groups excluding carboxylic acids is 1. The molecule has 2 N–H and O–H groups in total. The van der Waals surface area contributed by atoms with E-state index in [9.17, 15) is 4.79 Å². The molecule has 1 heterocycles. The highest BCUT2D eigenvalue weighted by molar-refractivity contribution is 7.99. The Balaban J connectivity index is 0.00000132. The molecule has 3 fully saturated rings. The molecule has 2 saturated carbocycles. The number of carbonyl (C=O) groups is 1. The molecule has 0 aromatic rings. The topological polar surface area (TPSA) is 44.4 Å². The van der Waals surface area contributed by atoms with Crippen molar-refractivity contribution in [2.75, 3.05) is 44.2 Å². The molecule has 7 heteroatoms. The number of rotatable bonds is 7. The standard InChI is InChI=1S/C16H29N3OS.2ClH/c20-15(12-17-11-14-3-4-14)18-13-16(5-1-2-6-16)19-7-9-21-10-8-19;;/h14,17H,1-13H2,(H,18,20);2*1H. The van der Waals surface area contributed by atoms with Crippen LogP contribution in [0.1, 0.15) is 38.5 Å².